The molecule has 0 saturated carbocycles. The SMILES string of the molecule is CCOCCc1noc(CC(CC)NC)n1. The van der Waals surface area contributed by atoms with E-state index < -0.39 is 0 Å². The maximum atomic E-state index is 5.24. The average Bonchev–Trinajstić information content (AvgIpc) is 2.74. The molecule has 0 amide bonds. The van der Waals surface area contributed by atoms with E-state index in [1.54, 1.807) is 0 Å². The molecule has 0 fully saturated rings. The summed E-state index contributed by atoms with van der Waals surface area (Å²) in [6.07, 6.45) is 2.55. The normalized spacial score (nSPS) is 12.9. The first-order chi connectivity index (χ1) is 7.80. The summed E-state index contributed by atoms with van der Waals surface area (Å²) in [5, 5.41) is 7.13. The molecule has 0 spiro atoms. The highest BCUT2D eigenvalue weighted by Crippen LogP contribution is 2.04. The lowest BCUT2D eigenvalue weighted by Crippen LogP contribution is -2.26. The monoisotopic (exact) mass is 227 g/mol. The molecule has 16 heavy (non-hydrogen) atoms. The lowest BCUT2D eigenvalue weighted by Gasteiger charge is -2.09. The van der Waals surface area contributed by atoms with Gasteiger partial charge in [0.25, 0.3) is 0 Å². The van der Waals surface area contributed by atoms with Gasteiger partial charge >= 0.3 is 0 Å². The van der Waals surface area contributed by atoms with E-state index in [2.05, 4.69) is 22.4 Å². The molecule has 0 saturated heterocycles. The molecule has 1 heterocycles. The molecule has 1 aromatic heterocycles. The largest absolute Gasteiger partial charge is 0.381 e. The Morgan fingerprint density at radius 2 is 2.25 bits per heavy atom. The molecule has 0 aromatic carbocycles. The third-order valence-electron chi connectivity index (χ3n) is 2.51. The molecule has 1 atom stereocenters. The molecule has 0 aliphatic heterocycles. The minimum Gasteiger partial charge on any atom is -0.381 e. The van der Waals surface area contributed by atoms with Gasteiger partial charge in [0.1, 0.15) is 0 Å². The van der Waals surface area contributed by atoms with Crippen LogP contribution in [0.5, 0.6) is 0 Å². The Morgan fingerprint density at radius 1 is 1.44 bits per heavy atom. The van der Waals surface area contributed by atoms with Gasteiger partial charge in [-0.3, -0.25) is 0 Å². The van der Waals surface area contributed by atoms with Crippen molar-refractivity contribution in [1.29, 1.82) is 0 Å². The van der Waals surface area contributed by atoms with Gasteiger partial charge in [0.2, 0.25) is 5.89 Å². The number of likely N-dealkylation sites (N-methyl/N-ethyl adjacent to an activating group) is 1. The lowest BCUT2D eigenvalue weighted by molar-refractivity contribution is 0.149. The number of hydrogen-bond acceptors (Lipinski definition) is 5. The Bertz CT molecular complexity index is 285. The molecule has 0 aliphatic carbocycles. The van der Waals surface area contributed by atoms with E-state index in [-0.39, 0.29) is 0 Å². The van der Waals surface area contributed by atoms with Crippen LogP contribution in [0.15, 0.2) is 4.52 Å². The quantitative estimate of drug-likeness (QED) is 0.676. The number of aromatic nitrogens is 2. The first-order valence-corrected chi connectivity index (χ1v) is 5.86. The zero-order valence-corrected chi connectivity index (χ0v) is 10.3. The van der Waals surface area contributed by atoms with Gasteiger partial charge < -0.3 is 14.6 Å². The van der Waals surface area contributed by atoms with Crippen LogP contribution in [-0.2, 0) is 17.6 Å². The maximum absolute atomic E-state index is 5.24. The van der Waals surface area contributed by atoms with Gasteiger partial charge in [-0.25, -0.2) is 0 Å². The van der Waals surface area contributed by atoms with E-state index in [9.17, 15) is 0 Å². The van der Waals surface area contributed by atoms with Crippen molar-refractivity contribution in [3.8, 4) is 0 Å². The molecule has 0 aliphatic rings. The first kappa shape index (κ1) is 13.1. The zero-order valence-electron chi connectivity index (χ0n) is 10.3. The topological polar surface area (TPSA) is 60.2 Å². The van der Waals surface area contributed by atoms with Crippen molar-refractivity contribution in [3.05, 3.63) is 11.7 Å². The van der Waals surface area contributed by atoms with Gasteiger partial charge in [-0.2, -0.15) is 4.98 Å². The molecule has 0 radical (unpaired) electrons. The highest BCUT2D eigenvalue weighted by atomic mass is 16.5. The second-order valence-corrected chi connectivity index (χ2v) is 3.65. The van der Waals surface area contributed by atoms with Crippen LogP contribution in [0.2, 0.25) is 0 Å². The minimum atomic E-state index is 0.403. The maximum Gasteiger partial charge on any atom is 0.228 e. The number of nitrogens with zero attached hydrogens (tertiary/aromatic N) is 2. The summed E-state index contributed by atoms with van der Waals surface area (Å²) < 4.78 is 10.4. The van der Waals surface area contributed by atoms with Crippen molar-refractivity contribution in [2.24, 2.45) is 0 Å². The Hall–Kier alpha value is -0.940. The fourth-order valence-corrected chi connectivity index (χ4v) is 1.44. The molecule has 0 bridgehead atoms. The second-order valence-electron chi connectivity index (χ2n) is 3.65. The Balaban J connectivity index is 2.38. The highest BCUT2D eigenvalue weighted by molar-refractivity contribution is 4.89. The van der Waals surface area contributed by atoms with Gasteiger partial charge in [0, 0.05) is 25.5 Å². The van der Waals surface area contributed by atoms with Crippen LogP contribution in [0.4, 0.5) is 0 Å². The average molecular weight is 227 g/mol. The Morgan fingerprint density at radius 3 is 2.88 bits per heavy atom. The van der Waals surface area contributed by atoms with E-state index in [0.717, 1.165) is 25.3 Å². The molecule has 5 nitrogen and oxygen atoms in total. The van der Waals surface area contributed by atoms with Crippen LogP contribution in [0.25, 0.3) is 0 Å². The van der Waals surface area contributed by atoms with Crippen molar-refractivity contribution in [2.45, 2.75) is 39.2 Å². The van der Waals surface area contributed by atoms with Crippen LogP contribution in [-0.4, -0.2) is 36.4 Å². The highest BCUT2D eigenvalue weighted by Gasteiger charge is 2.11. The third kappa shape index (κ3) is 4.28. The van der Waals surface area contributed by atoms with E-state index in [0.29, 0.717) is 25.0 Å². The molecule has 1 N–H and O–H groups in total. The van der Waals surface area contributed by atoms with E-state index in [4.69, 9.17) is 9.26 Å². The summed E-state index contributed by atoms with van der Waals surface area (Å²) in [6.45, 7) is 5.48. The van der Waals surface area contributed by atoms with Crippen LogP contribution in [0, 0.1) is 0 Å². The van der Waals surface area contributed by atoms with Crippen LogP contribution in [0.1, 0.15) is 32.0 Å². The van der Waals surface area contributed by atoms with Crippen LogP contribution >= 0.6 is 0 Å². The number of rotatable bonds is 8. The Kier molecular flexibility index (Phi) is 6.03. The zero-order chi connectivity index (χ0) is 11.8. The summed E-state index contributed by atoms with van der Waals surface area (Å²) >= 11 is 0. The van der Waals surface area contributed by atoms with Crippen molar-refractivity contribution >= 4 is 0 Å². The third-order valence-corrected chi connectivity index (χ3v) is 2.51. The fourth-order valence-electron chi connectivity index (χ4n) is 1.44. The van der Waals surface area contributed by atoms with Crippen LogP contribution < -0.4 is 5.32 Å². The van der Waals surface area contributed by atoms with Crippen molar-refractivity contribution in [2.75, 3.05) is 20.3 Å². The molecule has 5 heteroatoms. The fraction of sp³-hybridized carbons (Fsp3) is 0.818. The Labute approximate surface area is 96.6 Å². The standard InChI is InChI=1S/C11H21N3O2/c1-4-9(12-3)8-11-13-10(14-16-11)6-7-15-5-2/h9,12H,4-8H2,1-3H3. The first-order valence-electron chi connectivity index (χ1n) is 5.86. The van der Waals surface area contributed by atoms with E-state index in [1.807, 2.05) is 14.0 Å². The lowest BCUT2D eigenvalue weighted by atomic mass is 10.1. The summed E-state index contributed by atoms with van der Waals surface area (Å²) in [5.41, 5.74) is 0. The summed E-state index contributed by atoms with van der Waals surface area (Å²) in [4.78, 5) is 4.32. The van der Waals surface area contributed by atoms with Gasteiger partial charge in [-0.15, -0.1) is 0 Å². The summed E-state index contributed by atoms with van der Waals surface area (Å²) in [7, 11) is 1.94. The van der Waals surface area contributed by atoms with E-state index >= 15 is 0 Å². The molecule has 1 rings (SSSR count). The predicted octanol–water partition coefficient (Wildman–Crippen LogP) is 1.19. The van der Waals surface area contributed by atoms with Crippen LogP contribution in [0.3, 0.4) is 0 Å². The predicted molar refractivity (Wildman–Crippen MR) is 61.3 cm³/mol. The van der Waals surface area contributed by atoms with Crippen molar-refractivity contribution in [3.63, 3.8) is 0 Å². The molecule has 92 valence electrons. The summed E-state index contributed by atoms with van der Waals surface area (Å²) in [5.74, 6) is 1.43. The minimum absolute atomic E-state index is 0.403. The van der Waals surface area contributed by atoms with Gasteiger partial charge in [-0.05, 0) is 20.4 Å². The number of ether oxygens (including phenoxy) is 1. The van der Waals surface area contributed by atoms with E-state index in [1.165, 1.54) is 0 Å². The molecular formula is C11H21N3O2. The molecular weight excluding hydrogens is 206 g/mol. The molecule has 1 unspecified atom stereocenters. The second kappa shape index (κ2) is 7.35. The van der Waals surface area contributed by atoms with Gasteiger partial charge in [0.15, 0.2) is 5.82 Å². The summed E-state index contributed by atoms with van der Waals surface area (Å²) in [6, 6.07) is 0.403. The van der Waals surface area contributed by atoms with Gasteiger partial charge in [-0.1, -0.05) is 12.1 Å². The number of hydrogen-bond donors (Lipinski definition) is 1. The molecule has 1 aromatic rings. The van der Waals surface area contributed by atoms with Crippen molar-refractivity contribution < 1.29 is 9.26 Å². The smallest absolute Gasteiger partial charge is 0.228 e. The number of nitrogens with one attached hydrogen (secondary N) is 1. The van der Waals surface area contributed by atoms with Crippen molar-refractivity contribution in [1.82, 2.24) is 15.5 Å². The van der Waals surface area contributed by atoms with Gasteiger partial charge in [0.05, 0.1) is 6.61 Å².